The quantitative estimate of drug-likeness (QED) is 0.588. The van der Waals surface area contributed by atoms with E-state index < -0.39 is 0 Å². The van der Waals surface area contributed by atoms with Crippen molar-refractivity contribution in [1.82, 2.24) is 0 Å². The Kier molecular flexibility index (Phi) is 6.16. The number of nitrogens with two attached hydrogens (primary N) is 1. The minimum absolute atomic E-state index is 0.0523. The van der Waals surface area contributed by atoms with Gasteiger partial charge >= 0.3 is 0 Å². The van der Waals surface area contributed by atoms with Gasteiger partial charge in [-0.2, -0.15) is 0 Å². The summed E-state index contributed by atoms with van der Waals surface area (Å²) in [6, 6.07) is 5.60. The molecule has 3 nitrogen and oxygen atoms in total. The van der Waals surface area contributed by atoms with Crippen LogP contribution in [0.4, 0.5) is 5.69 Å². The van der Waals surface area contributed by atoms with Gasteiger partial charge in [-0.1, -0.05) is 38.3 Å². The lowest BCUT2D eigenvalue weighted by molar-refractivity contribution is 0.486. The molecule has 19 heavy (non-hydrogen) atoms. The largest absolute Gasteiger partial charge is 0.384 e. The van der Waals surface area contributed by atoms with Gasteiger partial charge in [-0.15, -0.1) is 0 Å². The summed E-state index contributed by atoms with van der Waals surface area (Å²) in [5, 5.41) is 8.10. The van der Waals surface area contributed by atoms with E-state index in [-0.39, 0.29) is 5.84 Å². The number of hydrogen-bond donors (Lipinski definition) is 2. The number of nitrogen functional groups attached to an aromatic ring is 1. The number of rotatable bonds is 7. The number of hydrogen-bond acceptors (Lipinski definition) is 2. The summed E-state index contributed by atoms with van der Waals surface area (Å²) in [7, 11) is 0. The Bertz CT molecular complexity index is 427. The molecular weight excluding hydrogens is 258 g/mol. The average molecular weight is 282 g/mol. The Labute approximate surface area is 121 Å². The fourth-order valence-corrected chi connectivity index (χ4v) is 2.49. The highest BCUT2D eigenvalue weighted by Crippen LogP contribution is 2.28. The number of nitrogens with one attached hydrogen (secondary N) is 1. The molecule has 1 rings (SSSR count). The zero-order valence-electron chi connectivity index (χ0n) is 12.0. The zero-order chi connectivity index (χ0) is 14.4. The Morgan fingerprint density at radius 3 is 2.37 bits per heavy atom. The van der Waals surface area contributed by atoms with Crippen molar-refractivity contribution in [3.8, 4) is 0 Å². The second kappa shape index (κ2) is 7.39. The Balaban J connectivity index is 2.95. The lowest BCUT2D eigenvalue weighted by Crippen LogP contribution is -2.29. The molecule has 0 bridgehead atoms. The number of anilines is 1. The molecule has 0 aliphatic heterocycles. The summed E-state index contributed by atoms with van der Waals surface area (Å²) in [6.45, 7) is 8.53. The number of halogens is 1. The molecule has 1 aromatic carbocycles. The average Bonchev–Trinajstić information content (AvgIpc) is 2.41. The molecule has 0 radical (unpaired) electrons. The highest BCUT2D eigenvalue weighted by atomic mass is 35.5. The molecule has 0 saturated heterocycles. The first kappa shape index (κ1) is 15.8. The second-order valence-corrected chi connectivity index (χ2v) is 5.21. The molecule has 0 amide bonds. The van der Waals surface area contributed by atoms with Crippen LogP contribution in [0.15, 0.2) is 18.2 Å². The fourth-order valence-electron chi connectivity index (χ4n) is 2.19. The van der Waals surface area contributed by atoms with E-state index in [2.05, 4.69) is 25.7 Å². The van der Waals surface area contributed by atoms with E-state index in [1.807, 2.05) is 12.1 Å². The summed E-state index contributed by atoms with van der Waals surface area (Å²) in [6.07, 6.45) is 2.35. The summed E-state index contributed by atoms with van der Waals surface area (Å²) in [4.78, 5) is 2.30. The van der Waals surface area contributed by atoms with Crippen LogP contribution in [0.1, 0.15) is 39.2 Å². The first-order valence-electron chi connectivity index (χ1n) is 6.92. The molecule has 0 aromatic heterocycles. The van der Waals surface area contributed by atoms with Crippen molar-refractivity contribution < 1.29 is 0 Å². The second-order valence-electron chi connectivity index (χ2n) is 4.80. The monoisotopic (exact) mass is 281 g/mol. The van der Waals surface area contributed by atoms with Gasteiger partial charge in [0.25, 0.3) is 0 Å². The maximum Gasteiger partial charge on any atom is 0.122 e. The molecule has 0 heterocycles. The van der Waals surface area contributed by atoms with E-state index in [0.29, 0.717) is 16.5 Å². The summed E-state index contributed by atoms with van der Waals surface area (Å²) in [5.74, 6) is 0.736. The highest BCUT2D eigenvalue weighted by molar-refractivity contribution is 6.33. The van der Waals surface area contributed by atoms with Crippen LogP contribution >= 0.6 is 11.6 Å². The van der Waals surface area contributed by atoms with Crippen LogP contribution in [0.25, 0.3) is 0 Å². The van der Waals surface area contributed by atoms with E-state index in [0.717, 1.165) is 18.8 Å². The molecule has 4 heteroatoms. The predicted molar refractivity (Wildman–Crippen MR) is 84.4 cm³/mol. The van der Waals surface area contributed by atoms with E-state index in [1.54, 1.807) is 6.07 Å². The molecule has 0 aliphatic rings. The molecule has 0 atom stereocenters. The fraction of sp³-hybridized carbons (Fsp3) is 0.533. The molecule has 0 spiro atoms. The molecule has 106 valence electrons. The number of nitrogens with zero attached hydrogens (tertiary/aromatic N) is 1. The first-order valence-corrected chi connectivity index (χ1v) is 7.30. The van der Waals surface area contributed by atoms with Gasteiger partial charge in [0, 0.05) is 18.7 Å². The topological polar surface area (TPSA) is 53.1 Å². The number of amidine groups is 1. The van der Waals surface area contributed by atoms with Gasteiger partial charge < -0.3 is 10.6 Å². The van der Waals surface area contributed by atoms with E-state index in [1.165, 1.54) is 12.8 Å². The highest BCUT2D eigenvalue weighted by Gasteiger charge is 2.14. The third kappa shape index (κ3) is 4.13. The third-order valence-electron chi connectivity index (χ3n) is 3.61. The third-order valence-corrected chi connectivity index (χ3v) is 3.92. The molecule has 1 aromatic rings. The SMILES string of the molecule is CCC(CC)CN(CC)c1ccc(C(=N)N)cc1Cl. The first-order chi connectivity index (χ1) is 9.03. The van der Waals surface area contributed by atoms with Crippen molar-refractivity contribution in [2.75, 3.05) is 18.0 Å². The predicted octanol–water partition coefficient (Wildman–Crippen LogP) is 3.89. The van der Waals surface area contributed by atoms with Gasteiger partial charge in [0.2, 0.25) is 0 Å². The minimum Gasteiger partial charge on any atom is -0.384 e. The normalized spacial score (nSPS) is 10.8. The lowest BCUT2D eigenvalue weighted by Gasteiger charge is -2.28. The van der Waals surface area contributed by atoms with Crippen molar-refractivity contribution in [3.63, 3.8) is 0 Å². The minimum atomic E-state index is 0.0523. The van der Waals surface area contributed by atoms with Gasteiger partial charge in [0.1, 0.15) is 5.84 Å². The lowest BCUT2D eigenvalue weighted by atomic mass is 10.0. The van der Waals surface area contributed by atoms with Crippen LogP contribution in [-0.2, 0) is 0 Å². The molecular formula is C15H24ClN3. The van der Waals surface area contributed by atoms with Gasteiger partial charge in [-0.25, -0.2) is 0 Å². The maximum atomic E-state index is 7.43. The van der Waals surface area contributed by atoms with Crippen LogP contribution in [0, 0.1) is 11.3 Å². The van der Waals surface area contributed by atoms with E-state index in [4.69, 9.17) is 22.7 Å². The van der Waals surface area contributed by atoms with Crippen LogP contribution in [0.2, 0.25) is 5.02 Å². The van der Waals surface area contributed by atoms with E-state index in [9.17, 15) is 0 Å². The smallest absolute Gasteiger partial charge is 0.122 e. The maximum absolute atomic E-state index is 7.43. The molecule has 0 fully saturated rings. The van der Waals surface area contributed by atoms with Gasteiger partial charge in [-0.05, 0) is 31.0 Å². The summed E-state index contributed by atoms with van der Waals surface area (Å²) < 4.78 is 0. The standard InChI is InChI=1S/C15H24ClN3/c1-4-11(5-2)10-19(6-3)14-8-7-12(15(17)18)9-13(14)16/h7-9,11H,4-6,10H2,1-3H3,(H3,17,18). The van der Waals surface area contributed by atoms with E-state index >= 15 is 0 Å². The van der Waals surface area contributed by atoms with Crippen LogP contribution in [-0.4, -0.2) is 18.9 Å². The molecule has 0 saturated carbocycles. The van der Waals surface area contributed by atoms with Gasteiger partial charge in [0.15, 0.2) is 0 Å². The summed E-state index contributed by atoms with van der Waals surface area (Å²) in [5.41, 5.74) is 7.18. The Morgan fingerprint density at radius 2 is 1.95 bits per heavy atom. The van der Waals surface area contributed by atoms with Crippen molar-refractivity contribution in [1.29, 1.82) is 5.41 Å². The molecule has 0 aliphatic carbocycles. The Morgan fingerprint density at radius 1 is 1.32 bits per heavy atom. The van der Waals surface area contributed by atoms with Crippen LogP contribution in [0.5, 0.6) is 0 Å². The van der Waals surface area contributed by atoms with Crippen molar-refractivity contribution in [2.24, 2.45) is 11.7 Å². The van der Waals surface area contributed by atoms with Crippen molar-refractivity contribution in [3.05, 3.63) is 28.8 Å². The summed E-state index contributed by atoms with van der Waals surface area (Å²) >= 11 is 6.32. The Hall–Kier alpha value is -1.22. The van der Waals surface area contributed by atoms with Gasteiger partial charge in [-0.3, -0.25) is 5.41 Å². The molecule has 0 unspecified atom stereocenters. The van der Waals surface area contributed by atoms with Gasteiger partial charge in [0.05, 0.1) is 10.7 Å². The van der Waals surface area contributed by atoms with Crippen LogP contribution in [0.3, 0.4) is 0 Å². The molecule has 3 N–H and O–H groups in total. The van der Waals surface area contributed by atoms with Crippen LogP contribution < -0.4 is 10.6 Å². The van der Waals surface area contributed by atoms with Crippen molar-refractivity contribution in [2.45, 2.75) is 33.6 Å². The van der Waals surface area contributed by atoms with Crippen molar-refractivity contribution >= 4 is 23.1 Å². The number of benzene rings is 1. The zero-order valence-corrected chi connectivity index (χ0v) is 12.8.